The van der Waals surface area contributed by atoms with Crippen molar-refractivity contribution in [2.75, 3.05) is 13.1 Å². The molecular weight excluding hydrogens is 316 g/mol. The first-order chi connectivity index (χ1) is 11.1. The molecule has 1 aliphatic heterocycles. The maximum absolute atomic E-state index is 12.6. The summed E-state index contributed by atoms with van der Waals surface area (Å²) in [5, 5.41) is 0.463. The van der Waals surface area contributed by atoms with Crippen LogP contribution in [0.1, 0.15) is 28.9 Å². The maximum atomic E-state index is 12.6. The SMILES string of the molecule is Cc1ncccc1C(=O)N1CCCC(Oc2ncc(Cl)cn2)C1. The Morgan fingerprint density at radius 2 is 2.13 bits per heavy atom. The number of ether oxygens (including phenoxy) is 1. The van der Waals surface area contributed by atoms with Crippen LogP contribution >= 0.6 is 11.6 Å². The number of aromatic nitrogens is 3. The lowest BCUT2D eigenvalue weighted by molar-refractivity contribution is 0.0514. The summed E-state index contributed by atoms with van der Waals surface area (Å²) in [7, 11) is 0. The van der Waals surface area contributed by atoms with E-state index < -0.39 is 0 Å². The van der Waals surface area contributed by atoms with Crippen molar-refractivity contribution in [2.45, 2.75) is 25.9 Å². The highest BCUT2D eigenvalue weighted by Crippen LogP contribution is 2.18. The van der Waals surface area contributed by atoms with Crippen molar-refractivity contribution in [1.82, 2.24) is 19.9 Å². The molecule has 3 rings (SSSR count). The first kappa shape index (κ1) is 15.7. The fourth-order valence-corrected chi connectivity index (χ4v) is 2.71. The molecule has 7 heteroatoms. The molecule has 0 radical (unpaired) electrons. The van der Waals surface area contributed by atoms with E-state index in [4.69, 9.17) is 16.3 Å². The number of rotatable bonds is 3. The molecule has 3 heterocycles. The Bertz CT molecular complexity index is 693. The largest absolute Gasteiger partial charge is 0.458 e. The van der Waals surface area contributed by atoms with Gasteiger partial charge in [-0.25, -0.2) is 9.97 Å². The fourth-order valence-electron chi connectivity index (χ4n) is 2.61. The van der Waals surface area contributed by atoms with Gasteiger partial charge in [0.25, 0.3) is 5.91 Å². The number of piperidine rings is 1. The smallest absolute Gasteiger partial charge is 0.316 e. The van der Waals surface area contributed by atoms with Crippen LogP contribution in [0, 0.1) is 6.92 Å². The quantitative estimate of drug-likeness (QED) is 0.864. The number of carbonyl (C=O) groups excluding carboxylic acids is 1. The van der Waals surface area contributed by atoms with Gasteiger partial charge < -0.3 is 9.64 Å². The molecule has 1 atom stereocenters. The van der Waals surface area contributed by atoms with Gasteiger partial charge in [-0.1, -0.05) is 11.6 Å². The number of hydrogen-bond acceptors (Lipinski definition) is 5. The molecule has 23 heavy (non-hydrogen) atoms. The van der Waals surface area contributed by atoms with Crippen LogP contribution in [0.3, 0.4) is 0 Å². The van der Waals surface area contributed by atoms with E-state index in [1.165, 1.54) is 12.4 Å². The summed E-state index contributed by atoms with van der Waals surface area (Å²) < 4.78 is 5.77. The molecule has 0 aliphatic carbocycles. The molecule has 0 saturated carbocycles. The number of hydrogen-bond donors (Lipinski definition) is 0. The predicted molar refractivity (Wildman–Crippen MR) is 85.6 cm³/mol. The molecular formula is C16H17ClN4O2. The molecule has 2 aromatic heterocycles. The van der Waals surface area contributed by atoms with Gasteiger partial charge in [0.2, 0.25) is 0 Å². The highest BCUT2D eigenvalue weighted by molar-refractivity contribution is 6.30. The summed E-state index contributed by atoms with van der Waals surface area (Å²) in [4.78, 5) is 26.7. The van der Waals surface area contributed by atoms with Crippen LogP contribution in [0.5, 0.6) is 6.01 Å². The fraction of sp³-hybridized carbons (Fsp3) is 0.375. The molecule has 0 spiro atoms. The lowest BCUT2D eigenvalue weighted by Gasteiger charge is -2.32. The normalized spacial score (nSPS) is 17.8. The van der Waals surface area contributed by atoms with Crippen LogP contribution in [-0.4, -0.2) is 45.0 Å². The predicted octanol–water partition coefficient (Wildman–Crippen LogP) is 2.52. The van der Waals surface area contributed by atoms with E-state index in [0.717, 1.165) is 18.5 Å². The van der Waals surface area contributed by atoms with E-state index in [1.54, 1.807) is 23.2 Å². The van der Waals surface area contributed by atoms with Gasteiger partial charge >= 0.3 is 6.01 Å². The number of amides is 1. The van der Waals surface area contributed by atoms with Crippen molar-refractivity contribution in [3.05, 3.63) is 47.0 Å². The minimum Gasteiger partial charge on any atom is -0.458 e. The van der Waals surface area contributed by atoms with E-state index >= 15 is 0 Å². The Kier molecular flexibility index (Phi) is 4.71. The van der Waals surface area contributed by atoms with E-state index in [0.29, 0.717) is 23.7 Å². The monoisotopic (exact) mass is 332 g/mol. The average molecular weight is 333 g/mol. The summed E-state index contributed by atoms with van der Waals surface area (Å²) in [6.45, 7) is 3.07. The van der Waals surface area contributed by atoms with Crippen molar-refractivity contribution < 1.29 is 9.53 Å². The summed E-state index contributed by atoms with van der Waals surface area (Å²) >= 11 is 5.76. The number of pyridine rings is 1. The molecule has 1 saturated heterocycles. The molecule has 0 bridgehead atoms. The second kappa shape index (κ2) is 6.91. The first-order valence-corrected chi connectivity index (χ1v) is 7.86. The molecule has 2 aromatic rings. The van der Waals surface area contributed by atoms with Crippen LogP contribution in [0.4, 0.5) is 0 Å². The Labute approximate surface area is 139 Å². The molecule has 1 aliphatic rings. The number of aryl methyl sites for hydroxylation is 1. The van der Waals surface area contributed by atoms with E-state index in [9.17, 15) is 4.79 Å². The zero-order valence-corrected chi connectivity index (χ0v) is 13.5. The topological polar surface area (TPSA) is 68.2 Å². The molecule has 1 fully saturated rings. The van der Waals surface area contributed by atoms with E-state index in [-0.39, 0.29) is 18.0 Å². The molecule has 1 unspecified atom stereocenters. The number of likely N-dealkylation sites (tertiary alicyclic amines) is 1. The van der Waals surface area contributed by atoms with Gasteiger partial charge in [0.15, 0.2) is 0 Å². The second-order valence-electron chi connectivity index (χ2n) is 5.45. The number of halogens is 1. The minimum atomic E-state index is -0.120. The van der Waals surface area contributed by atoms with Crippen molar-refractivity contribution in [1.29, 1.82) is 0 Å². The van der Waals surface area contributed by atoms with Gasteiger partial charge in [-0.05, 0) is 31.9 Å². The average Bonchev–Trinajstić information content (AvgIpc) is 2.57. The van der Waals surface area contributed by atoms with Gasteiger partial charge in [-0.3, -0.25) is 9.78 Å². The maximum Gasteiger partial charge on any atom is 0.316 e. The van der Waals surface area contributed by atoms with Crippen LogP contribution in [0.15, 0.2) is 30.7 Å². The minimum absolute atomic E-state index is 0.0130. The molecule has 0 aromatic carbocycles. The lowest BCUT2D eigenvalue weighted by atomic mass is 10.1. The van der Waals surface area contributed by atoms with Gasteiger partial charge in [0.05, 0.1) is 29.5 Å². The van der Waals surface area contributed by atoms with Gasteiger partial charge in [-0.2, -0.15) is 0 Å². The summed E-state index contributed by atoms with van der Waals surface area (Å²) in [5.74, 6) is -0.0130. The molecule has 1 amide bonds. The van der Waals surface area contributed by atoms with Crippen LogP contribution in [0.25, 0.3) is 0 Å². The highest BCUT2D eigenvalue weighted by Gasteiger charge is 2.27. The third-order valence-corrected chi connectivity index (χ3v) is 3.97. The van der Waals surface area contributed by atoms with Crippen molar-refractivity contribution >= 4 is 17.5 Å². The zero-order chi connectivity index (χ0) is 16.2. The van der Waals surface area contributed by atoms with Crippen molar-refractivity contribution in [3.8, 4) is 6.01 Å². The van der Waals surface area contributed by atoms with Gasteiger partial charge in [0, 0.05) is 18.4 Å². The van der Waals surface area contributed by atoms with Crippen LogP contribution in [0.2, 0.25) is 5.02 Å². The Morgan fingerprint density at radius 1 is 1.35 bits per heavy atom. The summed E-state index contributed by atoms with van der Waals surface area (Å²) in [6.07, 6.45) is 6.30. The van der Waals surface area contributed by atoms with Crippen LogP contribution < -0.4 is 4.74 Å². The number of nitrogens with zero attached hydrogens (tertiary/aromatic N) is 4. The second-order valence-corrected chi connectivity index (χ2v) is 5.89. The molecule has 0 N–H and O–H groups in total. The first-order valence-electron chi connectivity index (χ1n) is 7.48. The Balaban J connectivity index is 1.67. The van der Waals surface area contributed by atoms with Crippen LogP contribution in [-0.2, 0) is 0 Å². The third-order valence-electron chi connectivity index (χ3n) is 3.77. The van der Waals surface area contributed by atoms with E-state index in [1.807, 2.05) is 6.92 Å². The standard InChI is InChI=1S/C16H17ClN4O2/c1-11-14(5-2-6-18-11)15(22)21-7-3-4-13(10-21)23-16-19-8-12(17)9-20-16/h2,5-6,8-9,13H,3-4,7,10H2,1H3. The van der Waals surface area contributed by atoms with Gasteiger partial charge in [-0.15, -0.1) is 0 Å². The van der Waals surface area contributed by atoms with Crippen molar-refractivity contribution in [3.63, 3.8) is 0 Å². The summed E-state index contributed by atoms with van der Waals surface area (Å²) in [6, 6.07) is 3.86. The highest BCUT2D eigenvalue weighted by atomic mass is 35.5. The molecule has 6 nitrogen and oxygen atoms in total. The van der Waals surface area contributed by atoms with E-state index in [2.05, 4.69) is 15.0 Å². The summed E-state index contributed by atoms with van der Waals surface area (Å²) in [5.41, 5.74) is 1.37. The van der Waals surface area contributed by atoms with Crippen molar-refractivity contribution in [2.24, 2.45) is 0 Å². The van der Waals surface area contributed by atoms with Gasteiger partial charge in [0.1, 0.15) is 6.10 Å². The Morgan fingerprint density at radius 3 is 2.87 bits per heavy atom. The molecule has 120 valence electrons. The zero-order valence-electron chi connectivity index (χ0n) is 12.8. The Hall–Kier alpha value is -2.21. The lowest BCUT2D eigenvalue weighted by Crippen LogP contribution is -2.44. The third kappa shape index (κ3) is 3.76. The number of carbonyl (C=O) groups is 1.